The number of benzene rings is 1. The third-order valence-electron chi connectivity index (χ3n) is 2.89. The van der Waals surface area contributed by atoms with Crippen LogP contribution in [0.25, 0.3) is 22.8 Å². The molecule has 2 aromatic heterocycles. The van der Waals surface area contributed by atoms with Crippen molar-refractivity contribution < 1.29 is 0 Å². The summed E-state index contributed by atoms with van der Waals surface area (Å²) >= 11 is 6.72. The SMILES string of the molecule is O=c1[nH]c(-c2ncccc2Br)nc(-c2ccccc2)c1Br. The molecule has 21 heavy (non-hydrogen) atoms. The molecule has 0 saturated carbocycles. The summed E-state index contributed by atoms with van der Waals surface area (Å²) in [4.78, 5) is 23.7. The number of rotatable bonds is 2. The Bertz CT molecular complexity index is 847. The van der Waals surface area contributed by atoms with Crippen LogP contribution in [0.2, 0.25) is 0 Å². The second-order valence-electron chi connectivity index (χ2n) is 4.28. The number of nitrogens with one attached hydrogen (secondary N) is 1. The number of pyridine rings is 1. The normalized spacial score (nSPS) is 10.6. The second kappa shape index (κ2) is 5.91. The molecule has 2 heterocycles. The Hall–Kier alpha value is -1.79. The molecule has 0 amide bonds. The van der Waals surface area contributed by atoms with Gasteiger partial charge in [0.2, 0.25) is 0 Å². The molecule has 3 rings (SSSR count). The molecule has 0 spiro atoms. The summed E-state index contributed by atoms with van der Waals surface area (Å²) in [6, 6.07) is 13.2. The van der Waals surface area contributed by atoms with E-state index in [2.05, 4.69) is 46.8 Å². The monoisotopic (exact) mass is 405 g/mol. The fraction of sp³-hybridized carbons (Fsp3) is 0. The minimum Gasteiger partial charge on any atom is -0.304 e. The summed E-state index contributed by atoms with van der Waals surface area (Å²) in [6.45, 7) is 0. The van der Waals surface area contributed by atoms with Gasteiger partial charge in [0.05, 0.1) is 5.69 Å². The molecule has 0 fully saturated rings. The number of hydrogen-bond donors (Lipinski definition) is 1. The second-order valence-corrected chi connectivity index (χ2v) is 5.92. The van der Waals surface area contributed by atoms with E-state index in [9.17, 15) is 4.79 Å². The van der Waals surface area contributed by atoms with Gasteiger partial charge in [-0.15, -0.1) is 0 Å². The summed E-state index contributed by atoms with van der Waals surface area (Å²) in [7, 11) is 0. The maximum absolute atomic E-state index is 12.1. The summed E-state index contributed by atoms with van der Waals surface area (Å²) in [5.41, 5.74) is 1.81. The van der Waals surface area contributed by atoms with E-state index in [4.69, 9.17) is 0 Å². The number of nitrogens with zero attached hydrogens (tertiary/aromatic N) is 2. The molecule has 0 bridgehead atoms. The lowest BCUT2D eigenvalue weighted by Gasteiger charge is -2.07. The summed E-state index contributed by atoms with van der Waals surface area (Å²) in [6.07, 6.45) is 1.66. The van der Waals surface area contributed by atoms with E-state index < -0.39 is 0 Å². The van der Waals surface area contributed by atoms with Crippen LogP contribution >= 0.6 is 31.9 Å². The van der Waals surface area contributed by atoms with E-state index >= 15 is 0 Å². The van der Waals surface area contributed by atoms with Gasteiger partial charge in [-0.1, -0.05) is 30.3 Å². The van der Waals surface area contributed by atoms with Crippen molar-refractivity contribution in [1.29, 1.82) is 0 Å². The van der Waals surface area contributed by atoms with Gasteiger partial charge in [0.25, 0.3) is 5.56 Å². The molecule has 4 nitrogen and oxygen atoms in total. The maximum atomic E-state index is 12.1. The Labute approximate surface area is 137 Å². The Morgan fingerprint density at radius 2 is 1.71 bits per heavy atom. The van der Waals surface area contributed by atoms with Crippen molar-refractivity contribution in [3.05, 3.63) is 68.0 Å². The van der Waals surface area contributed by atoms with E-state index in [0.29, 0.717) is 21.7 Å². The average Bonchev–Trinajstić information content (AvgIpc) is 2.51. The molecular weight excluding hydrogens is 398 g/mol. The topological polar surface area (TPSA) is 58.6 Å². The molecule has 0 saturated heterocycles. The number of H-pyrrole nitrogens is 1. The quantitative estimate of drug-likeness (QED) is 0.699. The predicted molar refractivity (Wildman–Crippen MR) is 88.9 cm³/mol. The van der Waals surface area contributed by atoms with Crippen LogP contribution in [0.3, 0.4) is 0 Å². The zero-order chi connectivity index (χ0) is 14.8. The summed E-state index contributed by atoms with van der Waals surface area (Å²) < 4.78 is 1.18. The number of halogens is 2. The lowest BCUT2D eigenvalue weighted by Crippen LogP contribution is -2.12. The molecule has 1 N–H and O–H groups in total. The minimum absolute atomic E-state index is 0.239. The van der Waals surface area contributed by atoms with Gasteiger partial charge in [0.15, 0.2) is 5.82 Å². The van der Waals surface area contributed by atoms with E-state index in [-0.39, 0.29) is 5.56 Å². The first-order valence-electron chi connectivity index (χ1n) is 6.13. The highest BCUT2D eigenvalue weighted by atomic mass is 79.9. The molecule has 3 aromatic rings. The van der Waals surface area contributed by atoms with E-state index in [1.807, 2.05) is 42.5 Å². The maximum Gasteiger partial charge on any atom is 0.266 e. The Balaban J connectivity index is 2.24. The number of aromatic amines is 1. The highest BCUT2D eigenvalue weighted by Crippen LogP contribution is 2.27. The van der Waals surface area contributed by atoms with Crippen LogP contribution in [0.1, 0.15) is 0 Å². The highest BCUT2D eigenvalue weighted by molar-refractivity contribution is 9.11. The largest absolute Gasteiger partial charge is 0.304 e. The van der Waals surface area contributed by atoms with Crippen LogP contribution in [0, 0.1) is 0 Å². The fourth-order valence-electron chi connectivity index (χ4n) is 1.92. The standard InChI is InChI=1S/C15H9Br2N3O/c16-10-7-4-8-18-13(10)14-19-12(11(17)15(21)20-14)9-5-2-1-3-6-9/h1-8H,(H,19,20,21). The first-order valence-corrected chi connectivity index (χ1v) is 7.71. The van der Waals surface area contributed by atoms with Gasteiger partial charge >= 0.3 is 0 Å². The first kappa shape index (κ1) is 14.2. The average molecular weight is 407 g/mol. The van der Waals surface area contributed by atoms with Gasteiger partial charge in [0, 0.05) is 16.2 Å². The minimum atomic E-state index is -0.239. The van der Waals surface area contributed by atoms with Crippen molar-refractivity contribution >= 4 is 31.9 Å². The summed E-state index contributed by atoms with van der Waals surface area (Å²) in [5, 5.41) is 0. The van der Waals surface area contributed by atoms with Crippen molar-refractivity contribution in [3.63, 3.8) is 0 Å². The first-order chi connectivity index (χ1) is 10.2. The third kappa shape index (κ3) is 2.82. The number of hydrogen-bond acceptors (Lipinski definition) is 3. The predicted octanol–water partition coefficient (Wildman–Crippen LogP) is 4.02. The molecule has 0 unspecified atom stereocenters. The Morgan fingerprint density at radius 3 is 2.43 bits per heavy atom. The zero-order valence-corrected chi connectivity index (χ0v) is 13.8. The highest BCUT2D eigenvalue weighted by Gasteiger charge is 2.14. The molecule has 0 radical (unpaired) electrons. The van der Waals surface area contributed by atoms with Crippen LogP contribution in [-0.2, 0) is 0 Å². The van der Waals surface area contributed by atoms with E-state index in [1.165, 1.54) is 0 Å². The van der Waals surface area contributed by atoms with Crippen LogP contribution in [0.4, 0.5) is 0 Å². The third-order valence-corrected chi connectivity index (χ3v) is 4.27. The van der Waals surface area contributed by atoms with Crippen molar-refractivity contribution in [2.75, 3.05) is 0 Å². The van der Waals surface area contributed by atoms with Crippen LogP contribution in [0.5, 0.6) is 0 Å². The Morgan fingerprint density at radius 1 is 0.952 bits per heavy atom. The van der Waals surface area contributed by atoms with Crippen molar-refractivity contribution in [2.24, 2.45) is 0 Å². The lowest BCUT2D eigenvalue weighted by atomic mass is 10.1. The van der Waals surface area contributed by atoms with Gasteiger partial charge < -0.3 is 4.98 Å². The van der Waals surface area contributed by atoms with Crippen LogP contribution < -0.4 is 5.56 Å². The smallest absolute Gasteiger partial charge is 0.266 e. The Kier molecular flexibility index (Phi) is 3.98. The van der Waals surface area contributed by atoms with E-state index in [1.54, 1.807) is 6.20 Å². The van der Waals surface area contributed by atoms with E-state index in [0.717, 1.165) is 10.0 Å². The van der Waals surface area contributed by atoms with Crippen molar-refractivity contribution in [3.8, 4) is 22.8 Å². The van der Waals surface area contributed by atoms with Crippen LogP contribution in [-0.4, -0.2) is 15.0 Å². The molecule has 0 aliphatic heterocycles. The molecule has 1 aromatic carbocycles. The van der Waals surface area contributed by atoms with Crippen molar-refractivity contribution in [1.82, 2.24) is 15.0 Å². The van der Waals surface area contributed by atoms with Gasteiger partial charge in [-0.25, -0.2) is 4.98 Å². The molecule has 6 heteroatoms. The lowest BCUT2D eigenvalue weighted by molar-refractivity contribution is 1.09. The number of aromatic nitrogens is 3. The fourth-order valence-corrected chi connectivity index (χ4v) is 2.78. The summed E-state index contributed by atoms with van der Waals surface area (Å²) in [5.74, 6) is 0.425. The molecule has 104 valence electrons. The molecule has 0 aliphatic rings. The van der Waals surface area contributed by atoms with Crippen LogP contribution in [0.15, 0.2) is 62.4 Å². The zero-order valence-electron chi connectivity index (χ0n) is 10.7. The van der Waals surface area contributed by atoms with Gasteiger partial charge in [-0.3, -0.25) is 9.78 Å². The molecule has 0 aliphatic carbocycles. The molecular formula is C15H9Br2N3O. The van der Waals surface area contributed by atoms with Gasteiger partial charge in [0.1, 0.15) is 10.2 Å². The molecule has 0 atom stereocenters. The van der Waals surface area contributed by atoms with Crippen molar-refractivity contribution in [2.45, 2.75) is 0 Å². The van der Waals surface area contributed by atoms with Gasteiger partial charge in [-0.2, -0.15) is 0 Å². The van der Waals surface area contributed by atoms with Gasteiger partial charge in [-0.05, 0) is 44.0 Å².